The van der Waals surface area contributed by atoms with E-state index in [1.54, 1.807) is 39.1 Å². The Kier molecular flexibility index (Phi) is 12.1. The van der Waals surface area contributed by atoms with Crippen LogP contribution in [0.1, 0.15) is 18.4 Å². The number of aryl methyl sites for hydroxylation is 1. The molecule has 0 saturated heterocycles. The summed E-state index contributed by atoms with van der Waals surface area (Å²) in [5.74, 6) is 2.55. The van der Waals surface area contributed by atoms with Crippen LogP contribution in [-0.2, 0) is 13.0 Å². The van der Waals surface area contributed by atoms with Gasteiger partial charge in [-0.1, -0.05) is 0 Å². The monoisotopic (exact) mass is 501 g/mol. The number of nitrogens with two attached hydrogens (primary N) is 2. The number of imidazole rings is 1. The van der Waals surface area contributed by atoms with Crippen molar-refractivity contribution in [2.45, 2.75) is 24.8 Å². The van der Waals surface area contributed by atoms with Gasteiger partial charge in [0.2, 0.25) is 5.95 Å². The predicted molar refractivity (Wildman–Crippen MR) is 127 cm³/mol. The normalized spacial score (nSPS) is 10.0. The summed E-state index contributed by atoms with van der Waals surface area (Å²) < 4.78 is 12.2. The zero-order valence-corrected chi connectivity index (χ0v) is 22.6. The summed E-state index contributed by atoms with van der Waals surface area (Å²) in [6.45, 7) is 1.74. The van der Waals surface area contributed by atoms with Crippen LogP contribution in [0.15, 0.2) is 29.4 Å². The first-order chi connectivity index (χ1) is 15.7. The molecule has 0 bridgehead atoms. The summed E-state index contributed by atoms with van der Waals surface area (Å²) in [5, 5.41) is 19.0. The van der Waals surface area contributed by atoms with E-state index in [1.165, 1.54) is 10.8 Å². The molecule has 0 fully saturated rings. The molecular weight excluding hydrogens is 473 g/mol. The summed E-state index contributed by atoms with van der Waals surface area (Å²) in [5.41, 5.74) is 13.2. The first-order valence-corrected chi connectivity index (χ1v) is 10.9. The third-order valence-electron chi connectivity index (χ3n) is 4.58. The first kappa shape index (κ1) is 29.5. The van der Waals surface area contributed by atoms with Gasteiger partial charge in [0.25, 0.3) is 0 Å². The van der Waals surface area contributed by atoms with Gasteiger partial charge in [-0.15, -0.1) is 11.8 Å². The first-order valence-electron chi connectivity index (χ1n) is 9.68. The molecule has 0 atom stereocenters. The van der Waals surface area contributed by atoms with Crippen LogP contribution in [-0.4, -0.2) is 56.6 Å². The van der Waals surface area contributed by atoms with Crippen LogP contribution in [0.2, 0.25) is 0 Å². The molecule has 0 unspecified atom stereocenters. The summed E-state index contributed by atoms with van der Waals surface area (Å²) in [4.78, 5) is 22.5. The number of nitrogens with zero attached hydrogens (tertiary/aromatic N) is 5. The molecule has 5 N–H and O–H groups in total. The molecule has 0 aliphatic rings. The topological polar surface area (TPSA) is 177 Å². The second-order valence-electron chi connectivity index (χ2n) is 6.65. The van der Waals surface area contributed by atoms with Crippen molar-refractivity contribution in [3.05, 3.63) is 51.6 Å². The maximum Gasteiger partial charge on any atom is 1.00 e. The van der Waals surface area contributed by atoms with Crippen LogP contribution in [0, 0.1) is 17.0 Å². The number of methoxy groups -OCH3 is 2. The van der Waals surface area contributed by atoms with Crippen molar-refractivity contribution in [1.82, 2.24) is 19.5 Å². The average Bonchev–Trinajstić information content (AvgIpc) is 3.16. The number of rotatable bonds is 8. The molecule has 3 aromatic rings. The van der Waals surface area contributed by atoms with Crippen LogP contribution in [0.5, 0.6) is 11.5 Å². The Hall–Kier alpha value is -2.58. The number of aromatic nitrogens is 4. The zero-order chi connectivity index (χ0) is 24.5. The van der Waals surface area contributed by atoms with Crippen LogP contribution in [0.3, 0.4) is 0 Å². The summed E-state index contributed by atoms with van der Waals surface area (Å²) in [6, 6.07) is 3.92. The van der Waals surface area contributed by atoms with Crippen molar-refractivity contribution in [3.8, 4) is 11.5 Å². The molecule has 0 aliphatic carbocycles. The van der Waals surface area contributed by atoms with E-state index in [9.17, 15) is 10.1 Å². The third-order valence-corrected chi connectivity index (χ3v) is 5.39. The van der Waals surface area contributed by atoms with Crippen molar-refractivity contribution < 1.29 is 50.5 Å². The maximum absolute atomic E-state index is 10.4. The van der Waals surface area contributed by atoms with Crippen molar-refractivity contribution in [2.24, 2.45) is 0 Å². The minimum atomic E-state index is -0.518. The van der Waals surface area contributed by atoms with Gasteiger partial charge in [-0.25, -0.2) is 14.5 Å². The van der Waals surface area contributed by atoms with E-state index in [4.69, 9.17) is 26.0 Å². The van der Waals surface area contributed by atoms with Gasteiger partial charge in [0.1, 0.15) is 30.1 Å². The van der Waals surface area contributed by atoms with E-state index in [2.05, 4.69) is 15.0 Å². The molecule has 1 aromatic carbocycles. The molecule has 12 nitrogen and oxygen atoms in total. The number of nitro groups is 1. The van der Waals surface area contributed by atoms with Crippen molar-refractivity contribution in [3.63, 3.8) is 0 Å². The Balaban J connectivity index is 0.000000712. The SMILES string of the molecule is COc1cc(Cc2cnc(N)nc2N)cc(OC)c1SC.Cc1ncc([N+](=O)[O-])n1CCO.[H-].[Na+]. The van der Waals surface area contributed by atoms with Crippen LogP contribution >= 0.6 is 11.8 Å². The molecule has 0 aliphatic heterocycles. The van der Waals surface area contributed by atoms with E-state index in [-0.39, 0.29) is 55.9 Å². The maximum atomic E-state index is 10.4. The van der Waals surface area contributed by atoms with E-state index in [0.717, 1.165) is 27.5 Å². The predicted octanol–water partition coefficient (Wildman–Crippen LogP) is -0.821. The summed E-state index contributed by atoms with van der Waals surface area (Å²) in [6.07, 6.45) is 5.38. The summed E-state index contributed by atoms with van der Waals surface area (Å²) in [7, 11) is 3.28. The molecule has 2 aromatic heterocycles. The zero-order valence-electron chi connectivity index (χ0n) is 20.8. The fourth-order valence-electron chi connectivity index (χ4n) is 3.01. The Morgan fingerprint density at radius 2 is 1.82 bits per heavy atom. The Morgan fingerprint density at radius 3 is 2.29 bits per heavy atom. The van der Waals surface area contributed by atoms with Crippen molar-refractivity contribution in [1.29, 1.82) is 0 Å². The number of hydrogen-bond acceptors (Lipinski definition) is 11. The fourth-order valence-corrected chi connectivity index (χ4v) is 3.69. The van der Waals surface area contributed by atoms with E-state index < -0.39 is 4.92 Å². The second-order valence-corrected chi connectivity index (χ2v) is 7.46. The summed E-state index contributed by atoms with van der Waals surface area (Å²) >= 11 is 1.58. The number of nitrogen functional groups attached to an aromatic ring is 2. The number of hydrogen-bond donors (Lipinski definition) is 3. The number of anilines is 2. The fraction of sp³-hybridized carbons (Fsp3) is 0.350. The van der Waals surface area contributed by atoms with Crippen LogP contribution < -0.4 is 50.5 Å². The Bertz CT molecular complexity index is 1090. The minimum absolute atomic E-state index is 0. The number of aliphatic hydroxyl groups excluding tert-OH is 1. The molecular formula is C20H28N7NaO5S. The van der Waals surface area contributed by atoms with Gasteiger partial charge in [0.15, 0.2) is 5.82 Å². The van der Waals surface area contributed by atoms with Gasteiger partial charge < -0.3 is 37.6 Å². The third kappa shape index (κ3) is 7.46. The molecule has 0 saturated carbocycles. The molecule has 180 valence electrons. The molecule has 14 heteroatoms. The number of ether oxygens (including phenoxy) is 2. The van der Waals surface area contributed by atoms with Gasteiger partial charge in [-0.2, -0.15) is 4.98 Å². The Labute approximate surface area is 225 Å². The molecule has 0 spiro atoms. The van der Waals surface area contributed by atoms with Crippen molar-refractivity contribution in [2.75, 3.05) is 38.5 Å². The van der Waals surface area contributed by atoms with E-state index in [1.807, 2.05) is 18.4 Å². The van der Waals surface area contributed by atoms with Gasteiger partial charge in [-0.3, -0.25) is 0 Å². The largest absolute Gasteiger partial charge is 1.00 e. The van der Waals surface area contributed by atoms with E-state index >= 15 is 0 Å². The van der Waals surface area contributed by atoms with Crippen LogP contribution in [0.25, 0.3) is 0 Å². The van der Waals surface area contributed by atoms with E-state index in [0.29, 0.717) is 18.1 Å². The molecule has 2 heterocycles. The van der Waals surface area contributed by atoms with Crippen molar-refractivity contribution >= 4 is 29.3 Å². The standard InChI is InChI=1S/C14H18N4O2S.C6H9N3O3.Na.H/c1-19-10-5-8(6-11(20-2)12(10)21-3)4-9-7-17-14(16)18-13(9)15;1-5-7-4-6(9(11)12)8(5)2-3-10;;/h5-7H,4H2,1-3H3,(H4,15,16,17,18);4,10H,2-3H2,1H3;;/q;;+1;-1. The quantitative estimate of drug-likeness (QED) is 0.152. The smallest absolute Gasteiger partial charge is 1.00 e. The molecule has 3 rings (SSSR count). The number of benzene rings is 1. The van der Waals surface area contributed by atoms with Crippen LogP contribution in [0.4, 0.5) is 17.6 Å². The second kappa shape index (κ2) is 14.0. The molecule has 0 radical (unpaired) electrons. The Morgan fingerprint density at radius 1 is 1.21 bits per heavy atom. The molecule has 0 amide bonds. The van der Waals surface area contributed by atoms with Gasteiger partial charge in [0.05, 0.1) is 25.7 Å². The van der Waals surface area contributed by atoms with Gasteiger partial charge >= 0.3 is 35.4 Å². The number of thioether (sulfide) groups is 1. The minimum Gasteiger partial charge on any atom is -1.00 e. The van der Waals surface area contributed by atoms with Gasteiger partial charge in [0, 0.05) is 25.1 Å². The average molecular weight is 502 g/mol. The number of aliphatic hydroxyl groups is 1. The molecule has 34 heavy (non-hydrogen) atoms. The van der Waals surface area contributed by atoms with Gasteiger partial charge in [-0.05, 0) is 28.9 Å².